The summed E-state index contributed by atoms with van der Waals surface area (Å²) >= 11 is 5.92. The summed E-state index contributed by atoms with van der Waals surface area (Å²) in [6.07, 6.45) is 4.10. The molecule has 2 nitrogen and oxygen atoms in total. The number of halogens is 1. The van der Waals surface area contributed by atoms with E-state index >= 15 is 0 Å². The molecule has 1 atom stereocenters. The third-order valence-electron chi connectivity index (χ3n) is 2.76. The van der Waals surface area contributed by atoms with Gasteiger partial charge in [0, 0.05) is 11.9 Å². The summed E-state index contributed by atoms with van der Waals surface area (Å²) in [5, 5.41) is 4.13. The van der Waals surface area contributed by atoms with Crippen LogP contribution in [0.25, 0.3) is 0 Å². The Hall–Kier alpha value is -0.600. The molecule has 0 spiro atoms. The second-order valence-electron chi connectivity index (χ2n) is 3.99. The molecule has 1 saturated heterocycles. The highest BCUT2D eigenvalue weighted by Crippen LogP contribution is 2.18. The normalized spacial score (nSPS) is 21.4. The number of hydrogen-bond acceptors (Lipinski definition) is 2. The van der Waals surface area contributed by atoms with E-state index in [0.29, 0.717) is 0 Å². The minimum absolute atomic E-state index is 0.753. The molecule has 0 saturated carbocycles. The number of hydrogen-bond donors (Lipinski definition) is 1. The van der Waals surface area contributed by atoms with Crippen molar-refractivity contribution in [1.29, 1.82) is 0 Å². The first kappa shape index (κ1) is 9.94. The standard InChI is InChI=1S/C11H15ClN2/c1-8-4-10(14-7-11(8)12)5-9-2-3-13-6-9/h4,7,9,13H,2-3,5-6H2,1H3/t9-/m0/s1. The van der Waals surface area contributed by atoms with Gasteiger partial charge in [-0.3, -0.25) is 4.98 Å². The lowest BCUT2D eigenvalue weighted by Crippen LogP contribution is -2.11. The van der Waals surface area contributed by atoms with Gasteiger partial charge in [-0.25, -0.2) is 0 Å². The van der Waals surface area contributed by atoms with E-state index in [2.05, 4.69) is 16.4 Å². The van der Waals surface area contributed by atoms with Crippen LogP contribution >= 0.6 is 11.6 Å². The Bertz CT molecular complexity index is 319. The second kappa shape index (κ2) is 4.28. The first-order valence-corrected chi connectivity index (χ1v) is 5.45. The molecule has 1 aromatic heterocycles. The molecule has 0 amide bonds. The predicted molar refractivity (Wildman–Crippen MR) is 58.7 cm³/mol. The van der Waals surface area contributed by atoms with Gasteiger partial charge in [0.2, 0.25) is 0 Å². The van der Waals surface area contributed by atoms with Crippen LogP contribution in [0, 0.1) is 12.8 Å². The largest absolute Gasteiger partial charge is 0.316 e. The molecule has 1 aliphatic rings. The van der Waals surface area contributed by atoms with Crippen molar-refractivity contribution in [3.8, 4) is 0 Å². The zero-order valence-corrected chi connectivity index (χ0v) is 9.14. The van der Waals surface area contributed by atoms with Crippen molar-refractivity contribution in [2.45, 2.75) is 19.8 Å². The maximum Gasteiger partial charge on any atom is 0.0618 e. The molecule has 0 unspecified atom stereocenters. The molecule has 1 aromatic rings. The van der Waals surface area contributed by atoms with E-state index in [1.54, 1.807) is 6.20 Å². The number of aromatic nitrogens is 1. The smallest absolute Gasteiger partial charge is 0.0618 e. The number of rotatable bonds is 2. The highest BCUT2D eigenvalue weighted by Gasteiger charge is 2.15. The lowest BCUT2D eigenvalue weighted by atomic mass is 10.0. The molecule has 1 aliphatic heterocycles. The van der Waals surface area contributed by atoms with Crippen LogP contribution in [-0.4, -0.2) is 18.1 Å². The van der Waals surface area contributed by atoms with Crippen LogP contribution < -0.4 is 5.32 Å². The van der Waals surface area contributed by atoms with Gasteiger partial charge in [-0.1, -0.05) is 11.6 Å². The Kier molecular flexibility index (Phi) is 3.04. The third-order valence-corrected chi connectivity index (χ3v) is 3.16. The van der Waals surface area contributed by atoms with E-state index in [9.17, 15) is 0 Å². The van der Waals surface area contributed by atoms with E-state index < -0.39 is 0 Å². The fourth-order valence-corrected chi connectivity index (χ4v) is 2.00. The van der Waals surface area contributed by atoms with Gasteiger partial charge in [0.25, 0.3) is 0 Å². The van der Waals surface area contributed by atoms with E-state index in [0.717, 1.165) is 36.0 Å². The van der Waals surface area contributed by atoms with Gasteiger partial charge < -0.3 is 5.32 Å². The van der Waals surface area contributed by atoms with Gasteiger partial charge in [0.15, 0.2) is 0 Å². The maximum absolute atomic E-state index is 5.92. The lowest BCUT2D eigenvalue weighted by molar-refractivity contribution is 0.571. The van der Waals surface area contributed by atoms with Crippen molar-refractivity contribution < 1.29 is 0 Å². The first-order chi connectivity index (χ1) is 6.75. The number of aryl methyl sites for hydroxylation is 1. The molecule has 1 fully saturated rings. The molecule has 0 radical (unpaired) electrons. The average molecular weight is 211 g/mol. The van der Waals surface area contributed by atoms with Crippen molar-refractivity contribution in [3.05, 3.63) is 28.5 Å². The van der Waals surface area contributed by atoms with Gasteiger partial charge >= 0.3 is 0 Å². The molecular weight excluding hydrogens is 196 g/mol. The molecule has 0 aliphatic carbocycles. The maximum atomic E-state index is 5.92. The Morgan fingerprint density at radius 2 is 2.50 bits per heavy atom. The van der Waals surface area contributed by atoms with Crippen LogP contribution in [0.2, 0.25) is 5.02 Å². The predicted octanol–water partition coefficient (Wildman–Crippen LogP) is 2.20. The fraction of sp³-hybridized carbons (Fsp3) is 0.545. The van der Waals surface area contributed by atoms with Crippen molar-refractivity contribution in [3.63, 3.8) is 0 Å². The number of nitrogens with one attached hydrogen (secondary N) is 1. The molecule has 0 bridgehead atoms. The summed E-state index contributed by atoms with van der Waals surface area (Å²) < 4.78 is 0. The van der Waals surface area contributed by atoms with Crippen molar-refractivity contribution in [2.75, 3.05) is 13.1 Å². The summed E-state index contributed by atoms with van der Waals surface area (Å²) in [6.45, 7) is 4.31. The summed E-state index contributed by atoms with van der Waals surface area (Å²) in [4.78, 5) is 4.34. The van der Waals surface area contributed by atoms with E-state index in [-0.39, 0.29) is 0 Å². The Balaban J connectivity index is 2.05. The van der Waals surface area contributed by atoms with Gasteiger partial charge in [-0.15, -0.1) is 0 Å². The average Bonchev–Trinajstić information content (AvgIpc) is 2.64. The van der Waals surface area contributed by atoms with Gasteiger partial charge in [-0.2, -0.15) is 0 Å². The minimum Gasteiger partial charge on any atom is -0.316 e. The molecule has 0 aromatic carbocycles. The van der Waals surface area contributed by atoms with Crippen molar-refractivity contribution >= 4 is 11.6 Å². The third kappa shape index (κ3) is 2.25. The van der Waals surface area contributed by atoms with Crippen LogP contribution in [-0.2, 0) is 6.42 Å². The lowest BCUT2D eigenvalue weighted by Gasteiger charge is -2.08. The van der Waals surface area contributed by atoms with Crippen LogP contribution in [0.15, 0.2) is 12.3 Å². The number of nitrogens with zero attached hydrogens (tertiary/aromatic N) is 1. The molecule has 2 rings (SSSR count). The Labute approximate surface area is 89.7 Å². The summed E-state index contributed by atoms with van der Waals surface area (Å²) in [5.41, 5.74) is 2.29. The zero-order chi connectivity index (χ0) is 9.97. The summed E-state index contributed by atoms with van der Waals surface area (Å²) in [7, 11) is 0. The quantitative estimate of drug-likeness (QED) is 0.810. The van der Waals surface area contributed by atoms with Crippen molar-refractivity contribution in [2.24, 2.45) is 5.92 Å². The van der Waals surface area contributed by atoms with Gasteiger partial charge in [-0.05, 0) is 50.4 Å². The first-order valence-electron chi connectivity index (χ1n) is 5.07. The molecule has 14 heavy (non-hydrogen) atoms. The van der Waals surface area contributed by atoms with Crippen molar-refractivity contribution in [1.82, 2.24) is 10.3 Å². The highest BCUT2D eigenvalue weighted by molar-refractivity contribution is 6.31. The van der Waals surface area contributed by atoms with Crippen LogP contribution in [0.1, 0.15) is 17.7 Å². The highest BCUT2D eigenvalue weighted by atomic mass is 35.5. The zero-order valence-electron chi connectivity index (χ0n) is 8.39. The van der Waals surface area contributed by atoms with E-state index in [1.165, 1.54) is 12.1 Å². The molecule has 76 valence electrons. The second-order valence-corrected chi connectivity index (χ2v) is 4.39. The van der Waals surface area contributed by atoms with E-state index in [1.807, 2.05) is 6.92 Å². The van der Waals surface area contributed by atoms with Crippen LogP contribution in [0.3, 0.4) is 0 Å². The van der Waals surface area contributed by atoms with Gasteiger partial charge in [0.1, 0.15) is 0 Å². The Morgan fingerprint density at radius 3 is 3.14 bits per heavy atom. The summed E-state index contributed by atoms with van der Waals surface area (Å²) in [5.74, 6) is 0.753. The van der Waals surface area contributed by atoms with Crippen LogP contribution in [0.5, 0.6) is 0 Å². The van der Waals surface area contributed by atoms with E-state index in [4.69, 9.17) is 11.6 Å². The Morgan fingerprint density at radius 1 is 1.64 bits per heavy atom. The molecule has 1 N–H and O–H groups in total. The SMILES string of the molecule is Cc1cc(C[C@@H]2CCNC2)ncc1Cl. The number of pyridine rings is 1. The summed E-state index contributed by atoms with van der Waals surface area (Å²) in [6, 6.07) is 2.10. The fourth-order valence-electron chi connectivity index (χ4n) is 1.89. The monoisotopic (exact) mass is 210 g/mol. The molecule has 3 heteroatoms. The topological polar surface area (TPSA) is 24.9 Å². The molecular formula is C11H15ClN2. The molecule has 2 heterocycles. The van der Waals surface area contributed by atoms with Gasteiger partial charge in [0.05, 0.1) is 5.02 Å². The minimum atomic E-state index is 0.753. The van der Waals surface area contributed by atoms with Crippen LogP contribution in [0.4, 0.5) is 0 Å².